The first kappa shape index (κ1) is 9.21. The van der Waals surface area contributed by atoms with Crippen LogP contribution in [0, 0.1) is 0 Å². The molecule has 2 aromatic rings. The molecule has 0 bridgehead atoms. The van der Waals surface area contributed by atoms with Crippen molar-refractivity contribution in [3.63, 3.8) is 0 Å². The van der Waals surface area contributed by atoms with E-state index < -0.39 is 0 Å². The van der Waals surface area contributed by atoms with Crippen LogP contribution < -0.4 is 5.32 Å². The lowest BCUT2D eigenvalue weighted by Gasteiger charge is -2.02. The summed E-state index contributed by atoms with van der Waals surface area (Å²) in [6.07, 6.45) is 3.28. The molecule has 0 fully saturated rings. The van der Waals surface area contributed by atoms with Gasteiger partial charge in [-0.25, -0.2) is 4.98 Å². The zero-order chi connectivity index (χ0) is 9.80. The van der Waals surface area contributed by atoms with Crippen LogP contribution in [0.15, 0.2) is 39.7 Å². The number of rotatable bonds is 3. The van der Waals surface area contributed by atoms with Crippen LogP contribution >= 0.6 is 15.9 Å². The molecule has 2 rings (SSSR count). The van der Waals surface area contributed by atoms with Crippen LogP contribution in [0.1, 0.15) is 5.69 Å². The molecule has 0 spiro atoms. The van der Waals surface area contributed by atoms with Crippen molar-refractivity contribution < 1.29 is 4.52 Å². The largest absolute Gasteiger partial charge is 0.364 e. The number of hydrogen-bond acceptors (Lipinski definition) is 4. The van der Waals surface area contributed by atoms with Crippen molar-refractivity contribution in [2.75, 3.05) is 5.32 Å². The van der Waals surface area contributed by atoms with Crippen LogP contribution in [-0.2, 0) is 6.54 Å². The van der Waals surface area contributed by atoms with Gasteiger partial charge in [0.05, 0.1) is 6.54 Å². The monoisotopic (exact) mass is 253 g/mol. The standard InChI is InChI=1S/C9H8BrN3O/c10-7-1-3-11-9(5-7)12-6-8-2-4-14-13-8/h1-5H,6H2,(H,11,12). The van der Waals surface area contributed by atoms with Gasteiger partial charge in [0, 0.05) is 16.7 Å². The highest BCUT2D eigenvalue weighted by Gasteiger charge is 1.97. The van der Waals surface area contributed by atoms with Gasteiger partial charge in [-0.1, -0.05) is 21.1 Å². The fourth-order valence-corrected chi connectivity index (χ4v) is 1.35. The third-order valence-corrected chi connectivity index (χ3v) is 2.16. The summed E-state index contributed by atoms with van der Waals surface area (Å²) >= 11 is 3.37. The van der Waals surface area contributed by atoms with Crippen molar-refractivity contribution in [1.29, 1.82) is 0 Å². The van der Waals surface area contributed by atoms with E-state index in [1.165, 1.54) is 0 Å². The maximum atomic E-state index is 4.71. The molecule has 0 unspecified atom stereocenters. The smallest absolute Gasteiger partial charge is 0.127 e. The fourth-order valence-electron chi connectivity index (χ4n) is 1.01. The van der Waals surface area contributed by atoms with Gasteiger partial charge in [0.15, 0.2) is 0 Å². The lowest BCUT2D eigenvalue weighted by molar-refractivity contribution is 0.412. The summed E-state index contributed by atoms with van der Waals surface area (Å²) < 4.78 is 5.70. The summed E-state index contributed by atoms with van der Waals surface area (Å²) in [6, 6.07) is 5.59. The molecule has 5 heteroatoms. The van der Waals surface area contributed by atoms with Crippen LogP contribution in [0.25, 0.3) is 0 Å². The first-order chi connectivity index (χ1) is 6.84. The van der Waals surface area contributed by atoms with Crippen LogP contribution in [0.2, 0.25) is 0 Å². The summed E-state index contributed by atoms with van der Waals surface area (Å²) in [5.41, 5.74) is 0.853. The number of nitrogens with one attached hydrogen (secondary N) is 1. The molecule has 0 radical (unpaired) electrons. The molecule has 4 nitrogen and oxygen atoms in total. The molecule has 14 heavy (non-hydrogen) atoms. The topological polar surface area (TPSA) is 51.0 Å². The maximum absolute atomic E-state index is 4.71. The molecule has 0 saturated heterocycles. The predicted octanol–water partition coefficient (Wildman–Crippen LogP) is 2.44. The lowest BCUT2D eigenvalue weighted by atomic mass is 10.4. The minimum Gasteiger partial charge on any atom is -0.364 e. The Morgan fingerprint density at radius 3 is 3.07 bits per heavy atom. The molecule has 0 aliphatic carbocycles. The third kappa shape index (κ3) is 2.32. The van der Waals surface area contributed by atoms with Gasteiger partial charge in [-0.3, -0.25) is 0 Å². The van der Waals surface area contributed by atoms with E-state index in [1.54, 1.807) is 12.5 Å². The molecule has 1 N–H and O–H groups in total. The number of anilines is 1. The molecule has 0 aliphatic rings. The Hall–Kier alpha value is -1.36. The van der Waals surface area contributed by atoms with E-state index in [4.69, 9.17) is 4.52 Å². The Morgan fingerprint density at radius 1 is 1.43 bits per heavy atom. The van der Waals surface area contributed by atoms with Gasteiger partial charge in [0.1, 0.15) is 17.8 Å². The van der Waals surface area contributed by atoms with Crippen LogP contribution in [0.4, 0.5) is 5.82 Å². The zero-order valence-corrected chi connectivity index (χ0v) is 8.86. The summed E-state index contributed by atoms with van der Waals surface area (Å²) in [5, 5.41) is 6.90. The molecule has 0 atom stereocenters. The lowest BCUT2D eigenvalue weighted by Crippen LogP contribution is -2.00. The minimum absolute atomic E-state index is 0.611. The quantitative estimate of drug-likeness (QED) is 0.913. The molecule has 2 aromatic heterocycles. The second kappa shape index (κ2) is 4.23. The molecule has 72 valence electrons. The van der Waals surface area contributed by atoms with Crippen molar-refractivity contribution in [3.05, 3.63) is 40.8 Å². The Balaban J connectivity index is 1.98. The maximum Gasteiger partial charge on any atom is 0.127 e. The van der Waals surface area contributed by atoms with E-state index in [-0.39, 0.29) is 0 Å². The number of halogens is 1. The van der Waals surface area contributed by atoms with E-state index >= 15 is 0 Å². The zero-order valence-electron chi connectivity index (χ0n) is 7.27. The van der Waals surface area contributed by atoms with Crippen LogP contribution in [0.5, 0.6) is 0 Å². The highest BCUT2D eigenvalue weighted by Crippen LogP contribution is 2.13. The van der Waals surface area contributed by atoms with Crippen molar-refractivity contribution in [2.24, 2.45) is 0 Å². The van der Waals surface area contributed by atoms with Crippen molar-refractivity contribution >= 4 is 21.7 Å². The average molecular weight is 254 g/mol. The molecule has 0 saturated carbocycles. The van der Waals surface area contributed by atoms with E-state index in [1.807, 2.05) is 18.2 Å². The van der Waals surface area contributed by atoms with Crippen molar-refractivity contribution in [1.82, 2.24) is 10.1 Å². The second-order valence-electron chi connectivity index (χ2n) is 2.70. The van der Waals surface area contributed by atoms with E-state index in [9.17, 15) is 0 Å². The van der Waals surface area contributed by atoms with Crippen molar-refractivity contribution in [3.8, 4) is 0 Å². The van der Waals surface area contributed by atoms with Crippen LogP contribution in [-0.4, -0.2) is 10.1 Å². The van der Waals surface area contributed by atoms with Crippen LogP contribution in [0.3, 0.4) is 0 Å². The Bertz CT molecular complexity index is 402. The number of pyridine rings is 1. The number of hydrogen-bond donors (Lipinski definition) is 1. The van der Waals surface area contributed by atoms with Crippen molar-refractivity contribution in [2.45, 2.75) is 6.54 Å². The Kier molecular flexibility index (Phi) is 2.78. The van der Waals surface area contributed by atoms with Gasteiger partial charge in [-0.05, 0) is 12.1 Å². The number of nitrogens with zero attached hydrogens (tertiary/aromatic N) is 2. The van der Waals surface area contributed by atoms with Gasteiger partial charge in [-0.2, -0.15) is 0 Å². The first-order valence-electron chi connectivity index (χ1n) is 4.09. The van der Waals surface area contributed by atoms with Gasteiger partial charge in [0.25, 0.3) is 0 Å². The molecular weight excluding hydrogens is 246 g/mol. The molecular formula is C9H8BrN3O. The Labute approximate surface area is 89.5 Å². The Morgan fingerprint density at radius 2 is 2.36 bits per heavy atom. The number of aromatic nitrogens is 2. The second-order valence-corrected chi connectivity index (χ2v) is 3.62. The fraction of sp³-hybridized carbons (Fsp3) is 0.111. The van der Waals surface area contributed by atoms with Gasteiger partial charge < -0.3 is 9.84 Å². The average Bonchev–Trinajstić information content (AvgIpc) is 2.67. The molecule has 0 amide bonds. The summed E-state index contributed by atoms with van der Waals surface area (Å²) in [5.74, 6) is 0.808. The molecule has 2 heterocycles. The SMILES string of the molecule is Brc1ccnc(NCc2ccon2)c1. The first-order valence-corrected chi connectivity index (χ1v) is 4.88. The normalized spacial score (nSPS) is 10.1. The van der Waals surface area contributed by atoms with Gasteiger partial charge >= 0.3 is 0 Å². The van der Waals surface area contributed by atoms with Gasteiger partial charge in [0.2, 0.25) is 0 Å². The van der Waals surface area contributed by atoms with E-state index in [0.717, 1.165) is 16.0 Å². The predicted molar refractivity (Wildman–Crippen MR) is 55.8 cm³/mol. The summed E-state index contributed by atoms with van der Waals surface area (Å²) in [7, 11) is 0. The minimum atomic E-state index is 0.611. The third-order valence-electron chi connectivity index (χ3n) is 1.66. The highest BCUT2D eigenvalue weighted by molar-refractivity contribution is 9.10. The van der Waals surface area contributed by atoms with E-state index in [2.05, 4.69) is 31.4 Å². The highest BCUT2D eigenvalue weighted by atomic mass is 79.9. The summed E-state index contributed by atoms with van der Waals surface area (Å²) in [4.78, 5) is 4.14. The molecule has 0 aliphatic heterocycles. The molecule has 0 aromatic carbocycles. The summed E-state index contributed by atoms with van der Waals surface area (Å²) in [6.45, 7) is 0.611. The van der Waals surface area contributed by atoms with Gasteiger partial charge in [-0.15, -0.1) is 0 Å². The van der Waals surface area contributed by atoms with E-state index in [0.29, 0.717) is 6.54 Å².